The van der Waals surface area contributed by atoms with Crippen LogP contribution in [0.4, 0.5) is 11.4 Å². The molecule has 26 heavy (non-hydrogen) atoms. The molecule has 0 aromatic heterocycles. The van der Waals surface area contributed by atoms with Crippen molar-refractivity contribution in [1.29, 1.82) is 0 Å². The molecule has 0 spiro atoms. The minimum absolute atomic E-state index is 0.550. The highest BCUT2D eigenvalue weighted by Crippen LogP contribution is 2.37. The maximum atomic E-state index is 6.18. The van der Waals surface area contributed by atoms with Gasteiger partial charge in [-0.05, 0) is 43.0 Å². The Kier molecular flexibility index (Phi) is 5.22. The molecule has 3 aromatic rings. The second-order valence-corrected chi connectivity index (χ2v) is 6.69. The Labute approximate surface area is 153 Å². The van der Waals surface area contributed by atoms with Crippen molar-refractivity contribution in [2.45, 2.75) is 12.8 Å². The van der Waals surface area contributed by atoms with Crippen molar-refractivity contribution in [1.82, 2.24) is 5.32 Å². The maximum absolute atomic E-state index is 6.18. The van der Waals surface area contributed by atoms with E-state index in [4.69, 9.17) is 4.74 Å². The number of fused-ring (bicyclic) bond motifs is 1. The Hall–Kier alpha value is -2.72. The Bertz CT molecular complexity index is 886. The molecule has 0 unspecified atom stereocenters. The lowest BCUT2D eigenvalue weighted by Gasteiger charge is -2.23. The maximum Gasteiger partial charge on any atom is 0.147 e. The fourth-order valence-electron chi connectivity index (χ4n) is 3.33. The summed E-state index contributed by atoms with van der Waals surface area (Å²) < 4.78 is 6.18. The van der Waals surface area contributed by atoms with Gasteiger partial charge in [0.25, 0.3) is 0 Å². The third-order valence-corrected chi connectivity index (χ3v) is 4.76. The van der Waals surface area contributed by atoms with E-state index >= 15 is 0 Å². The molecule has 0 aliphatic carbocycles. The van der Waals surface area contributed by atoms with Gasteiger partial charge < -0.3 is 10.1 Å². The van der Waals surface area contributed by atoms with E-state index in [0.29, 0.717) is 12.5 Å². The first-order valence-electron chi connectivity index (χ1n) is 9.22. The third-order valence-electron chi connectivity index (χ3n) is 4.76. The molecule has 132 valence electrons. The van der Waals surface area contributed by atoms with E-state index in [1.54, 1.807) is 0 Å². The molecule has 4 rings (SSSR count). The van der Waals surface area contributed by atoms with Gasteiger partial charge >= 0.3 is 0 Å². The first kappa shape index (κ1) is 16.7. The van der Waals surface area contributed by atoms with E-state index in [-0.39, 0.29) is 0 Å². The molecule has 0 amide bonds. The van der Waals surface area contributed by atoms with Crippen LogP contribution in [0.5, 0.6) is 5.75 Å². The zero-order valence-corrected chi connectivity index (χ0v) is 14.8. The van der Waals surface area contributed by atoms with Crippen LogP contribution in [-0.2, 0) is 0 Å². The molecule has 0 bridgehead atoms. The molecule has 0 radical (unpaired) electrons. The predicted octanol–water partition coefficient (Wildman–Crippen LogP) is 5.63. The summed E-state index contributed by atoms with van der Waals surface area (Å²) in [4.78, 5) is 0. The zero-order valence-electron chi connectivity index (χ0n) is 14.8. The van der Waals surface area contributed by atoms with Crippen LogP contribution in [0.3, 0.4) is 0 Å². The lowest BCUT2D eigenvalue weighted by Crippen LogP contribution is -2.33. The Balaban J connectivity index is 1.64. The number of azo groups is 1. The van der Waals surface area contributed by atoms with Crippen molar-refractivity contribution in [2.24, 2.45) is 16.1 Å². The Morgan fingerprint density at radius 2 is 1.77 bits per heavy atom. The monoisotopic (exact) mass is 345 g/mol. The van der Waals surface area contributed by atoms with Gasteiger partial charge in [-0.3, -0.25) is 0 Å². The largest absolute Gasteiger partial charge is 0.491 e. The average molecular weight is 345 g/mol. The molecule has 1 atom stereocenters. The summed E-state index contributed by atoms with van der Waals surface area (Å²) in [5.41, 5.74) is 1.64. The van der Waals surface area contributed by atoms with Crippen LogP contribution in [0.15, 0.2) is 77.0 Å². The summed E-state index contributed by atoms with van der Waals surface area (Å²) in [6.45, 7) is 2.84. The highest BCUT2D eigenvalue weighted by atomic mass is 16.5. The quantitative estimate of drug-likeness (QED) is 0.609. The summed E-state index contributed by atoms with van der Waals surface area (Å²) in [6, 6.07) is 22.1. The fourth-order valence-corrected chi connectivity index (χ4v) is 3.33. The lowest BCUT2D eigenvalue weighted by molar-refractivity contribution is 0.219. The number of benzene rings is 3. The molecule has 4 heteroatoms. The van der Waals surface area contributed by atoms with Crippen LogP contribution in [0.2, 0.25) is 0 Å². The summed E-state index contributed by atoms with van der Waals surface area (Å²) >= 11 is 0. The van der Waals surface area contributed by atoms with Gasteiger partial charge in [-0.15, -0.1) is 5.11 Å². The first-order chi connectivity index (χ1) is 12.9. The van der Waals surface area contributed by atoms with Crippen LogP contribution in [-0.4, -0.2) is 19.7 Å². The van der Waals surface area contributed by atoms with Gasteiger partial charge in [-0.25, -0.2) is 0 Å². The van der Waals surface area contributed by atoms with Crippen molar-refractivity contribution < 1.29 is 4.74 Å². The van der Waals surface area contributed by atoms with Crippen LogP contribution in [0.25, 0.3) is 10.8 Å². The van der Waals surface area contributed by atoms with Crippen molar-refractivity contribution in [3.8, 4) is 5.75 Å². The predicted molar refractivity (Wildman–Crippen MR) is 106 cm³/mol. The molecular formula is C22H23N3O. The molecule has 3 aromatic carbocycles. The SMILES string of the molecule is c1ccc(N=Nc2c(OC[C@H]3CCCNC3)ccc3ccccc23)cc1. The highest BCUT2D eigenvalue weighted by Gasteiger charge is 2.15. The molecule has 1 aliphatic rings. The molecule has 0 saturated carbocycles. The number of ether oxygens (including phenoxy) is 1. The second-order valence-electron chi connectivity index (χ2n) is 6.69. The van der Waals surface area contributed by atoms with Crippen LogP contribution in [0, 0.1) is 5.92 Å². The van der Waals surface area contributed by atoms with E-state index in [1.165, 1.54) is 12.8 Å². The first-order valence-corrected chi connectivity index (χ1v) is 9.22. The molecule has 1 aliphatic heterocycles. The van der Waals surface area contributed by atoms with Gasteiger partial charge in [0.1, 0.15) is 11.4 Å². The van der Waals surface area contributed by atoms with Gasteiger partial charge in [-0.1, -0.05) is 48.5 Å². The van der Waals surface area contributed by atoms with Crippen molar-refractivity contribution in [3.63, 3.8) is 0 Å². The van der Waals surface area contributed by atoms with E-state index in [9.17, 15) is 0 Å². The standard InChI is InChI=1S/C22H23N3O/c1-2-9-19(10-3-1)24-25-22-20-11-5-4-8-18(20)12-13-21(22)26-16-17-7-6-14-23-15-17/h1-5,8-13,17,23H,6-7,14-16H2/t17-/m0/s1. The van der Waals surface area contributed by atoms with Crippen LogP contribution < -0.4 is 10.1 Å². The van der Waals surface area contributed by atoms with Gasteiger partial charge in [0.2, 0.25) is 0 Å². The van der Waals surface area contributed by atoms with Crippen molar-refractivity contribution in [2.75, 3.05) is 19.7 Å². The van der Waals surface area contributed by atoms with Crippen LogP contribution >= 0.6 is 0 Å². The second kappa shape index (κ2) is 8.11. The van der Waals surface area contributed by atoms with E-state index in [2.05, 4.69) is 33.7 Å². The Morgan fingerprint density at radius 3 is 2.62 bits per heavy atom. The number of rotatable bonds is 5. The lowest BCUT2D eigenvalue weighted by atomic mass is 10.0. The number of piperidine rings is 1. The summed E-state index contributed by atoms with van der Waals surface area (Å²) in [6.07, 6.45) is 2.42. The fraction of sp³-hybridized carbons (Fsp3) is 0.273. The molecule has 1 fully saturated rings. The highest BCUT2D eigenvalue weighted by molar-refractivity contribution is 5.95. The van der Waals surface area contributed by atoms with Crippen molar-refractivity contribution in [3.05, 3.63) is 66.7 Å². The van der Waals surface area contributed by atoms with Crippen molar-refractivity contribution >= 4 is 22.1 Å². The van der Waals surface area contributed by atoms with E-state index < -0.39 is 0 Å². The zero-order chi connectivity index (χ0) is 17.6. The summed E-state index contributed by atoms with van der Waals surface area (Å²) in [5.74, 6) is 1.35. The normalized spacial score (nSPS) is 17.6. The van der Waals surface area contributed by atoms with Gasteiger partial charge in [0, 0.05) is 17.8 Å². The molecule has 4 nitrogen and oxygen atoms in total. The number of nitrogens with zero attached hydrogens (tertiary/aromatic N) is 2. The molecule has 1 N–H and O–H groups in total. The van der Waals surface area contributed by atoms with E-state index in [1.807, 2.05) is 48.5 Å². The minimum Gasteiger partial charge on any atom is -0.491 e. The smallest absolute Gasteiger partial charge is 0.147 e. The third kappa shape index (κ3) is 3.92. The average Bonchev–Trinajstić information content (AvgIpc) is 2.72. The number of hydrogen-bond acceptors (Lipinski definition) is 4. The topological polar surface area (TPSA) is 46.0 Å². The molecular weight excluding hydrogens is 322 g/mol. The Morgan fingerprint density at radius 1 is 0.923 bits per heavy atom. The van der Waals surface area contributed by atoms with Gasteiger partial charge in [0.05, 0.1) is 12.3 Å². The van der Waals surface area contributed by atoms with Gasteiger partial charge in [0.15, 0.2) is 0 Å². The summed E-state index contributed by atoms with van der Waals surface area (Å²) in [7, 11) is 0. The molecule has 1 saturated heterocycles. The van der Waals surface area contributed by atoms with Crippen LogP contribution in [0.1, 0.15) is 12.8 Å². The van der Waals surface area contributed by atoms with Gasteiger partial charge in [-0.2, -0.15) is 5.11 Å². The van der Waals surface area contributed by atoms with E-state index in [0.717, 1.165) is 41.0 Å². The number of nitrogens with one attached hydrogen (secondary N) is 1. The summed E-state index contributed by atoms with van der Waals surface area (Å²) in [5, 5.41) is 14.6. The number of hydrogen-bond donors (Lipinski definition) is 1. The minimum atomic E-state index is 0.550. The molecule has 1 heterocycles.